The zero-order valence-electron chi connectivity index (χ0n) is 9.28. The van der Waals surface area contributed by atoms with Gasteiger partial charge in [0.2, 0.25) is 0 Å². The van der Waals surface area contributed by atoms with Crippen molar-refractivity contribution in [3.63, 3.8) is 0 Å². The number of nitrogens with two attached hydrogens (primary N) is 1. The van der Waals surface area contributed by atoms with E-state index in [0.717, 1.165) is 12.1 Å². The molecule has 7 heteroatoms. The highest BCUT2D eigenvalue weighted by molar-refractivity contribution is 5.93. The van der Waals surface area contributed by atoms with E-state index in [2.05, 4.69) is 10.5 Å². The van der Waals surface area contributed by atoms with E-state index in [9.17, 15) is 9.59 Å². The monoisotopic (exact) mass is 225 g/mol. The summed E-state index contributed by atoms with van der Waals surface area (Å²) in [6.07, 6.45) is 0.747. The van der Waals surface area contributed by atoms with Gasteiger partial charge in [0.15, 0.2) is 0 Å². The Morgan fingerprint density at radius 2 is 2.12 bits per heavy atom. The second kappa shape index (κ2) is 5.15. The third-order valence-electron chi connectivity index (χ3n) is 2.02. The lowest BCUT2D eigenvalue weighted by molar-refractivity contribution is 0.0926. The van der Waals surface area contributed by atoms with Gasteiger partial charge in [0, 0.05) is 6.54 Å². The predicted molar refractivity (Wildman–Crippen MR) is 57.5 cm³/mol. The Hall–Kier alpha value is -2.05. The maximum atomic E-state index is 11.6. The molecule has 0 bridgehead atoms. The highest BCUT2D eigenvalue weighted by atomic mass is 16.2. The van der Waals surface area contributed by atoms with Gasteiger partial charge in [-0.05, 0) is 19.4 Å². The SMILES string of the molecule is CCc1cc(C(=O)NNC(N)=O)n(CC)n1. The number of hydrazine groups is 1. The van der Waals surface area contributed by atoms with Crippen LogP contribution in [0.3, 0.4) is 0 Å². The van der Waals surface area contributed by atoms with Crippen LogP contribution in [0.1, 0.15) is 30.0 Å². The van der Waals surface area contributed by atoms with E-state index in [-0.39, 0.29) is 0 Å². The molecular formula is C9H15N5O2. The van der Waals surface area contributed by atoms with E-state index in [0.29, 0.717) is 12.2 Å². The fourth-order valence-electron chi connectivity index (χ4n) is 1.25. The second-order valence-corrected chi connectivity index (χ2v) is 3.13. The second-order valence-electron chi connectivity index (χ2n) is 3.13. The van der Waals surface area contributed by atoms with Crippen molar-refractivity contribution >= 4 is 11.9 Å². The maximum Gasteiger partial charge on any atom is 0.330 e. The van der Waals surface area contributed by atoms with Crippen molar-refractivity contribution in [2.75, 3.05) is 0 Å². The number of urea groups is 1. The average Bonchev–Trinajstić information content (AvgIpc) is 2.68. The summed E-state index contributed by atoms with van der Waals surface area (Å²) in [5, 5.41) is 4.21. The Morgan fingerprint density at radius 1 is 1.44 bits per heavy atom. The maximum absolute atomic E-state index is 11.6. The fourth-order valence-corrected chi connectivity index (χ4v) is 1.25. The van der Waals surface area contributed by atoms with Crippen molar-refractivity contribution < 1.29 is 9.59 Å². The minimum absolute atomic E-state index is 0.396. The molecule has 16 heavy (non-hydrogen) atoms. The van der Waals surface area contributed by atoms with Crippen LogP contribution in [0.4, 0.5) is 4.79 Å². The number of aryl methyl sites for hydroxylation is 2. The molecular weight excluding hydrogens is 210 g/mol. The molecule has 0 aromatic carbocycles. The molecule has 0 aliphatic rings. The summed E-state index contributed by atoms with van der Waals surface area (Å²) in [7, 11) is 0. The van der Waals surface area contributed by atoms with Crippen molar-refractivity contribution in [2.45, 2.75) is 26.8 Å². The summed E-state index contributed by atoms with van der Waals surface area (Å²) in [5.74, 6) is -0.437. The lowest BCUT2D eigenvalue weighted by Gasteiger charge is -2.05. The lowest BCUT2D eigenvalue weighted by Crippen LogP contribution is -2.45. The van der Waals surface area contributed by atoms with Crippen LogP contribution in [0, 0.1) is 0 Å². The number of hydrogen-bond donors (Lipinski definition) is 3. The zero-order valence-corrected chi connectivity index (χ0v) is 9.28. The van der Waals surface area contributed by atoms with Gasteiger partial charge in [0.1, 0.15) is 5.69 Å². The summed E-state index contributed by atoms with van der Waals surface area (Å²) in [4.78, 5) is 22.0. The van der Waals surface area contributed by atoms with Gasteiger partial charge < -0.3 is 5.73 Å². The number of amides is 3. The first-order valence-electron chi connectivity index (χ1n) is 5.01. The first-order chi connectivity index (χ1) is 7.58. The Morgan fingerprint density at radius 3 is 2.62 bits per heavy atom. The van der Waals surface area contributed by atoms with Gasteiger partial charge in [-0.25, -0.2) is 10.2 Å². The van der Waals surface area contributed by atoms with Gasteiger partial charge in [-0.3, -0.25) is 14.9 Å². The van der Waals surface area contributed by atoms with Crippen molar-refractivity contribution in [3.8, 4) is 0 Å². The summed E-state index contributed by atoms with van der Waals surface area (Å²) >= 11 is 0. The molecule has 4 N–H and O–H groups in total. The van der Waals surface area contributed by atoms with Gasteiger partial charge in [-0.15, -0.1) is 0 Å². The van der Waals surface area contributed by atoms with Gasteiger partial charge in [0.25, 0.3) is 5.91 Å². The number of carbonyl (C=O) groups is 2. The largest absolute Gasteiger partial charge is 0.350 e. The molecule has 0 aliphatic carbocycles. The third kappa shape index (κ3) is 2.72. The zero-order chi connectivity index (χ0) is 12.1. The smallest absolute Gasteiger partial charge is 0.330 e. The molecule has 0 unspecified atom stereocenters. The van der Waals surface area contributed by atoms with Crippen molar-refractivity contribution in [1.82, 2.24) is 20.6 Å². The Bertz CT molecular complexity index is 399. The van der Waals surface area contributed by atoms with Gasteiger partial charge in [-0.2, -0.15) is 5.10 Å². The fraction of sp³-hybridized carbons (Fsp3) is 0.444. The van der Waals surface area contributed by atoms with Gasteiger partial charge in [-0.1, -0.05) is 6.92 Å². The van der Waals surface area contributed by atoms with E-state index in [4.69, 9.17) is 5.73 Å². The lowest BCUT2D eigenvalue weighted by atomic mass is 10.3. The molecule has 0 aliphatic heterocycles. The minimum atomic E-state index is -0.813. The van der Waals surface area contributed by atoms with E-state index in [1.54, 1.807) is 10.7 Å². The first-order valence-corrected chi connectivity index (χ1v) is 5.01. The standard InChI is InChI=1S/C9H15N5O2/c1-3-6-5-7(14(4-2)13-6)8(15)11-12-9(10)16/h5H,3-4H2,1-2H3,(H,11,15)(H3,10,12,16). The quantitative estimate of drug-likeness (QED) is 0.619. The summed E-state index contributed by atoms with van der Waals surface area (Å²) in [5.41, 5.74) is 10.3. The molecule has 1 aromatic rings. The van der Waals surface area contributed by atoms with Crippen molar-refractivity contribution in [3.05, 3.63) is 17.5 Å². The van der Waals surface area contributed by atoms with E-state index >= 15 is 0 Å². The normalized spacial score (nSPS) is 9.88. The number of hydrogen-bond acceptors (Lipinski definition) is 3. The van der Waals surface area contributed by atoms with E-state index in [1.165, 1.54) is 0 Å². The highest BCUT2D eigenvalue weighted by Crippen LogP contribution is 2.05. The van der Waals surface area contributed by atoms with Crippen LogP contribution >= 0.6 is 0 Å². The predicted octanol–water partition coefficient (Wildman–Crippen LogP) is -0.221. The molecule has 1 heterocycles. The molecule has 0 spiro atoms. The number of primary amides is 1. The molecule has 0 radical (unpaired) electrons. The summed E-state index contributed by atoms with van der Waals surface area (Å²) < 4.78 is 1.57. The summed E-state index contributed by atoms with van der Waals surface area (Å²) in [6.45, 7) is 4.41. The molecule has 0 saturated carbocycles. The van der Waals surface area contributed by atoms with Crippen LogP contribution in [0.2, 0.25) is 0 Å². The van der Waals surface area contributed by atoms with Crippen LogP contribution < -0.4 is 16.6 Å². The number of rotatable bonds is 3. The number of nitrogens with one attached hydrogen (secondary N) is 2. The summed E-state index contributed by atoms with van der Waals surface area (Å²) in [6, 6.07) is 0.869. The van der Waals surface area contributed by atoms with E-state index < -0.39 is 11.9 Å². The van der Waals surface area contributed by atoms with E-state index in [1.807, 2.05) is 19.3 Å². The Labute approximate surface area is 93.0 Å². The average molecular weight is 225 g/mol. The van der Waals surface area contributed by atoms with Crippen LogP contribution in [0.25, 0.3) is 0 Å². The van der Waals surface area contributed by atoms with Crippen LogP contribution in [-0.2, 0) is 13.0 Å². The molecule has 7 nitrogen and oxygen atoms in total. The van der Waals surface area contributed by atoms with Crippen molar-refractivity contribution in [1.29, 1.82) is 0 Å². The molecule has 88 valence electrons. The van der Waals surface area contributed by atoms with Crippen LogP contribution in [0.15, 0.2) is 6.07 Å². The van der Waals surface area contributed by atoms with Gasteiger partial charge in [0.05, 0.1) is 5.69 Å². The number of carbonyl (C=O) groups excluding carboxylic acids is 2. The minimum Gasteiger partial charge on any atom is -0.350 e. The molecule has 1 aromatic heterocycles. The highest BCUT2D eigenvalue weighted by Gasteiger charge is 2.13. The van der Waals surface area contributed by atoms with Crippen LogP contribution in [-0.4, -0.2) is 21.7 Å². The topological polar surface area (TPSA) is 102 Å². The molecule has 1 rings (SSSR count). The molecule has 3 amide bonds. The van der Waals surface area contributed by atoms with Gasteiger partial charge >= 0.3 is 6.03 Å². The number of nitrogens with zero attached hydrogens (tertiary/aromatic N) is 2. The first kappa shape index (κ1) is 12.0. The van der Waals surface area contributed by atoms with Crippen molar-refractivity contribution in [2.24, 2.45) is 5.73 Å². The Balaban J connectivity index is 2.80. The molecule has 0 fully saturated rings. The third-order valence-corrected chi connectivity index (χ3v) is 2.02. The van der Waals surface area contributed by atoms with Crippen LogP contribution in [0.5, 0.6) is 0 Å². The molecule has 0 atom stereocenters. The molecule has 0 saturated heterocycles. The number of aromatic nitrogens is 2. The Kier molecular flexibility index (Phi) is 3.87.